The number of hydrazone groups is 1. The maximum absolute atomic E-state index is 12.2. The third kappa shape index (κ3) is 6.30. The molecule has 162 valence electrons. The summed E-state index contributed by atoms with van der Waals surface area (Å²) in [5, 5.41) is 3.96. The fraction of sp³-hybridized carbons (Fsp3) is 0.0800. The van der Waals surface area contributed by atoms with Crippen LogP contribution in [0.2, 0.25) is 0 Å². The second-order valence-electron chi connectivity index (χ2n) is 6.51. The SMILES string of the molecule is COc1cccc(C(=O)N/N=C\c2ccc(OC(=O)/C=C/c3ccccc3)c(OC)c2)c1. The van der Waals surface area contributed by atoms with Crippen LogP contribution in [0, 0.1) is 0 Å². The number of methoxy groups -OCH3 is 2. The van der Waals surface area contributed by atoms with E-state index in [1.54, 1.807) is 48.5 Å². The predicted octanol–water partition coefficient (Wildman–Crippen LogP) is 4.09. The number of ether oxygens (including phenoxy) is 3. The van der Waals surface area contributed by atoms with Crippen molar-refractivity contribution in [2.75, 3.05) is 14.2 Å². The molecule has 0 spiro atoms. The number of rotatable bonds is 8. The number of hydrogen-bond acceptors (Lipinski definition) is 6. The van der Waals surface area contributed by atoms with Crippen LogP contribution in [-0.2, 0) is 4.79 Å². The number of hydrogen-bond donors (Lipinski definition) is 1. The Kier molecular flexibility index (Phi) is 7.75. The third-order valence-corrected chi connectivity index (χ3v) is 4.32. The van der Waals surface area contributed by atoms with Crippen LogP contribution in [0.3, 0.4) is 0 Å². The minimum atomic E-state index is -0.529. The molecule has 0 saturated heterocycles. The molecule has 0 aliphatic rings. The van der Waals surface area contributed by atoms with Crippen LogP contribution >= 0.6 is 0 Å². The summed E-state index contributed by atoms with van der Waals surface area (Å²) in [6, 6.07) is 21.1. The fourth-order valence-electron chi connectivity index (χ4n) is 2.71. The van der Waals surface area contributed by atoms with Crippen molar-refractivity contribution in [1.29, 1.82) is 0 Å². The van der Waals surface area contributed by atoms with Crippen LogP contribution in [0.15, 0.2) is 84.0 Å². The normalized spacial score (nSPS) is 10.8. The van der Waals surface area contributed by atoms with Crippen LogP contribution in [0.25, 0.3) is 6.08 Å². The van der Waals surface area contributed by atoms with Gasteiger partial charge in [-0.15, -0.1) is 0 Å². The number of carbonyl (C=O) groups excluding carboxylic acids is 2. The molecule has 0 aliphatic carbocycles. The first kappa shape index (κ1) is 22.3. The second-order valence-corrected chi connectivity index (χ2v) is 6.51. The van der Waals surface area contributed by atoms with Gasteiger partial charge in [-0.1, -0.05) is 36.4 Å². The number of esters is 1. The lowest BCUT2D eigenvalue weighted by Gasteiger charge is -2.08. The van der Waals surface area contributed by atoms with Gasteiger partial charge in [-0.3, -0.25) is 4.79 Å². The molecule has 0 aromatic heterocycles. The first-order valence-corrected chi connectivity index (χ1v) is 9.69. The molecule has 0 bridgehead atoms. The van der Waals surface area contributed by atoms with E-state index in [1.807, 2.05) is 30.3 Å². The summed E-state index contributed by atoms with van der Waals surface area (Å²) < 4.78 is 15.8. The number of amides is 1. The average Bonchev–Trinajstić information content (AvgIpc) is 2.84. The van der Waals surface area contributed by atoms with Gasteiger partial charge in [0.15, 0.2) is 11.5 Å². The zero-order valence-electron chi connectivity index (χ0n) is 17.6. The Morgan fingerprint density at radius 3 is 2.41 bits per heavy atom. The number of benzene rings is 3. The van der Waals surface area contributed by atoms with E-state index in [4.69, 9.17) is 14.2 Å². The summed E-state index contributed by atoms with van der Waals surface area (Å²) in [6.45, 7) is 0. The summed E-state index contributed by atoms with van der Waals surface area (Å²) in [4.78, 5) is 24.3. The minimum absolute atomic E-state index is 0.271. The predicted molar refractivity (Wildman–Crippen MR) is 122 cm³/mol. The molecule has 0 aliphatic heterocycles. The highest BCUT2D eigenvalue weighted by Crippen LogP contribution is 2.27. The lowest BCUT2D eigenvalue weighted by molar-refractivity contribution is -0.129. The van der Waals surface area contributed by atoms with Crippen molar-refractivity contribution in [3.05, 3.63) is 95.6 Å². The Balaban J connectivity index is 1.62. The minimum Gasteiger partial charge on any atom is -0.497 e. The summed E-state index contributed by atoms with van der Waals surface area (Å²) in [5.74, 6) is 0.305. The lowest BCUT2D eigenvalue weighted by Crippen LogP contribution is -2.17. The van der Waals surface area contributed by atoms with E-state index in [1.165, 1.54) is 26.5 Å². The molecule has 0 heterocycles. The van der Waals surface area contributed by atoms with Gasteiger partial charge in [-0.05, 0) is 53.6 Å². The van der Waals surface area contributed by atoms with Crippen LogP contribution in [0.5, 0.6) is 17.2 Å². The van der Waals surface area contributed by atoms with Crippen LogP contribution in [0.1, 0.15) is 21.5 Å². The van der Waals surface area contributed by atoms with E-state index >= 15 is 0 Å². The van der Waals surface area contributed by atoms with Crippen molar-refractivity contribution in [2.24, 2.45) is 5.10 Å². The molecule has 0 fully saturated rings. The van der Waals surface area contributed by atoms with Crippen molar-refractivity contribution in [3.8, 4) is 17.2 Å². The summed E-state index contributed by atoms with van der Waals surface area (Å²) in [5.41, 5.74) is 4.41. The number of carbonyl (C=O) groups is 2. The van der Waals surface area contributed by atoms with Gasteiger partial charge in [0.05, 0.1) is 20.4 Å². The van der Waals surface area contributed by atoms with Crippen LogP contribution in [-0.4, -0.2) is 32.3 Å². The lowest BCUT2D eigenvalue weighted by atomic mass is 10.2. The monoisotopic (exact) mass is 430 g/mol. The Bertz CT molecular complexity index is 1140. The van der Waals surface area contributed by atoms with Gasteiger partial charge in [0, 0.05) is 11.6 Å². The molecule has 7 heteroatoms. The number of nitrogens with zero attached hydrogens (tertiary/aromatic N) is 1. The van der Waals surface area contributed by atoms with Gasteiger partial charge in [0.1, 0.15) is 5.75 Å². The first-order valence-electron chi connectivity index (χ1n) is 9.69. The molecule has 1 N–H and O–H groups in total. The van der Waals surface area contributed by atoms with E-state index in [2.05, 4.69) is 10.5 Å². The smallest absolute Gasteiger partial charge is 0.336 e. The maximum Gasteiger partial charge on any atom is 0.336 e. The molecular weight excluding hydrogens is 408 g/mol. The van der Waals surface area contributed by atoms with Gasteiger partial charge in [-0.25, -0.2) is 10.2 Å². The molecule has 0 saturated carbocycles. The molecule has 0 unspecified atom stereocenters. The Morgan fingerprint density at radius 1 is 0.844 bits per heavy atom. The summed E-state index contributed by atoms with van der Waals surface area (Å²) in [7, 11) is 3.00. The molecule has 3 rings (SSSR count). The van der Waals surface area contributed by atoms with Gasteiger partial charge < -0.3 is 14.2 Å². The quantitative estimate of drug-likeness (QED) is 0.191. The highest BCUT2D eigenvalue weighted by Gasteiger charge is 2.09. The van der Waals surface area contributed by atoms with Crippen LogP contribution in [0.4, 0.5) is 0 Å². The second kappa shape index (κ2) is 11.1. The van der Waals surface area contributed by atoms with Gasteiger partial charge in [0.2, 0.25) is 0 Å². The van der Waals surface area contributed by atoms with Gasteiger partial charge >= 0.3 is 5.97 Å². The zero-order chi connectivity index (χ0) is 22.8. The molecule has 1 amide bonds. The maximum atomic E-state index is 12.2. The van der Waals surface area contributed by atoms with Crippen molar-refractivity contribution < 1.29 is 23.8 Å². The largest absolute Gasteiger partial charge is 0.497 e. The van der Waals surface area contributed by atoms with Gasteiger partial charge in [-0.2, -0.15) is 5.10 Å². The van der Waals surface area contributed by atoms with E-state index in [9.17, 15) is 9.59 Å². The van der Waals surface area contributed by atoms with E-state index in [-0.39, 0.29) is 11.7 Å². The third-order valence-electron chi connectivity index (χ3n) is 4.32. The first-order chi connectivity index (χ1) is 15.6. The van der Waals surface area contributed by atoms with Crippen molar-refractivity contribution in [2.45, 2.75) is 0 Å². The topological polar surface area (TPSA) is 86.2 Å². The standard InChI is InChI=1S/C25H22N2O5/c1-30-21-10-6-9-20(16-21)25(29)27-26-17-19-11-13-22(23(15-19)31-2)32-24(28)14-12-18-7-4-3-5-8-18/h3-17H,1-2H3,(H,27,29)/b14-12+,26-17-. The highest BCUT2D eigenvalue weighted by molar-refractivity contribution is 5.95. The fourth-order valence-corrected chi connectivity index (χ4v) is 2.71. The Hall–Kier alpha value is -4.39. The molecule has 0 atom stereocenters. The Labute approximate surface area is 185 Å². The van der Waals surface area contributed by atoms with Crippen LogP contribution < -0.4 is 19.6 Å². The molecule has 0 radical (unpaired) electrons. The van der Waals surface area contributed by atoms with Crippen molar-refractivity contribution >= 4 is 24.2 Å². The van der Waals surface area contributed by atoms with Gasteiger partial charge in [0.25, 0.3) is 5.91 Å². The van der Waals surface area contributed by atoms with Crippen molar-refractivity contribution in [3.63, 3.8) is 0 Å². The molecule has 7 nitrogen and oxygen atoms in total. The Morgan fingerprint density at radius 2 is 1.66 bits per heavy atom. The van der Waals surface area contributed by atoms with Crippen molar-refractivity contribution in [1.82, 2.24) is 5.43 Å². The zero-order valence-corrected chi connectivity index (χ0v) is 17.6. The van der Waals surface area contributed by atoms with E-state index in [0.717, 1.165) is 5.56 Å². The summed E-state index contributed by atoms with van der Waals surface area (Å²) >= 11 is 0. The highest BCUT2D eigenvalue weighted by atomic mass is 16.6. The molecular formula is C25H22N2O5. The van der Waals surface area contributed by atoms with E-state index in [0.29, 0.717) is 22.6 Å². The summed E-state index contributed by atoms with van der Waals surface area (Å²) in [6.07, 6.45) is 4.47. The molecule has 32 heavy (non-hydrogen) atoms. The number of nitrogens with one attached hydrogen (secondary N) is 1. The molecule has 3 aromatic carbocycles. The average molecular weight is 430 g/mol. The van der Waals surface area contributed by atoms with E-state index < -0.39 is 5.97 Å². The molecule has 3 aromatic rings.